The number of pyridine rings is 1. The Balaban J connectivity index is 2.67. The molecule has 0 aliphatic carbocycles. The molecule has 1 aromatic heterocycles. The van der Waals surface area contributed by atoms with E-state index < -0.39 is 12.1 Å². The van der Waals surface area contributed by atoms with E-state index in [4.69, 9.17) is 11.6 Å². The van der Waals surface area contributed by atoms with Crippen molar-refractivity contribution in [1.29, 1.82) is 0 Å². The van der Waals surface area contributed by atoms with E-state index in [0.717, 1.165) is 5.56 Å². The average Bonchev–Trinajstić information content (AvgIpc) is 2.39. The topological polar surface area (TPSA) is 82.5 Å². The summed E-state index contributed by atoms with van der Waals surface area (Å²) in [5, 5.41) is 22.8. The zero-order chi connectivity index (χ0) is 14.9. The van der Waals surface area contributed by atoms with Crippen LogP contribution in [0.5, 0.6) is 0 Å². The van der Waals surface area contributed by atoms with Crippen LogP contribution in [0, 0.1) is 6.92 Å². The molecule has 0 aliphatic heterocycles. The molecule has 0 aliphatic rings. The van der Waals surface area contributed by atoms with Crippen molar-refractivity contribution in [2.45, 2.75) is 20.0 Å². The molecule has 0 amide bonds. The Morgan fingerprint density at radius 2 is 2.20 bits per heavy atom. The van der Waals surface area contributed by atoms with Crippen molar-refractivity contribution >= 4 is 34.2 Å². The number of nitrogens with one attached hydrogen (secondary N) is 1. The standard InChI is InChI=1S/C14H15ClN2O3/c1-7(18)5-16-13-9-3-4-11(15)8(2)12(9)17-6-10(13)14(19)20/h3-4,6-7,18H,5H2,1-2H3,(H,16,17)(H,19,20)/t7-/m0/s1. The molecule has 0 unspecified atom stereocenters. The molecule has 1 heterocycles. The fourth-order valence-electron chi connectivity index (χ4n) is 1.98. The van der Waals surface area contributed by atoms with Crippen molar-refractivity contribution in [2.75, 3.05) is 11.9 Å². The van der Waals surface area contributed by atoms with Crippen LogP contribution in [0.1, 0.15) is 22.8 Å². The largest absolute Gasteiger partial charge is 0.478 e. The average molecular weight is 295 g/mol. The number of halogens is 1. The van der Waals surface area contributed by atoms with Gasteiger partial charge in [0.25, 0.3) is 0 Å². The van der Waals surface area contributed by atoms with Gasteiger partial charge in [0.15, 0.2) is 0 Å². The summed E-state index contributed by atoms with van der Waals surface area (Å²) in [6.45, 7) is 3.70. The van der Waals surface area contributed by atoms with E-state index >= 15 is 0 Å². The molecule has 0 saturated carbocycles. The SMILES string of the molecule is Cc1c(Cl)ccc2c(NC[C@H](C)O)c(C(=O)O)cnc12. The van der Waals surface area contributed by atoms with E-state index in [-0.39, 0.29) is 12.1 Å². The highest BCUT2D eigenvalue weighted by Crippen LogP contribution is 2.31. The molecular weight excluding hydrogens is 280 g/mol. The Morgan fingerprint density at radius 3 is 2.80 bits per heavy atom. The smallest absolute Gasteiger partial charge is 0.339 e. The van der Waals surface area contributed by atoms with Gasteiger partial charge < -0.3 is 15.5 Å². The van der Waals surface area contributed by atoms with Crippen LogP contribution < -0.4 is 5.32 Å². The third-order valence-corrected chi connectivity index (χ3v) is 3.44. The third kappa shape index (κ3) is 2.69. The lowest BCUT2D eigenvalue weighted by atomic mass is 10.1. The van der Waals surface area contributed by atoms with Crippen LogP contribution in [0.25, 0.3) is 10.9 Å². The van der Waals surface area contributed by atoms with Gasteiger partial charge in [-0.15, -0.1) is 0 Å². The second kappa shape index (κ2) is 5.64. The number of anilines is 1. The Bertz CT molecular complexity index is 671. The van der Waals surface area contributed by atoms with Gasteiger partial charge in [0, 0.05) is 23.2 Å². The van der Waals surface area contributed by atoms with Gasteiger partial charge in [-0.2, -0.15) is 0 Å². The zero-order valence-electron chi connectivity index (χ0n) is 11.1. The van der Waals surface area contributed by atoms with Crippen LogP contribution in [0.2, 0.25) is 5.02 Å². The van der Waals surface area contributed by atoms with Crippen molar-refractivity contribution in [1.82, 2.24) is 4.98 Å². The normalized spacial score (nSPS) is 12.4. The summed E-state index contributed by atoms with van der Waals surface area (Å²) >= 11 is 6.05. The number of nitrogens with zero attached hydrogens (tertiary/aromatic N) is 1. The summed E-state index contributed by atoms with van der Waals surface area (Å²) in [7, 11) is 0. The second-order valence-corrected chi connectivity index (χ2v) is 5.06. The minimum atomic E-state index is -1.07. The van der Waals surface area contributed by atoms with E-state index in [0.29, 0.717) is 21.6 Å². The van der Waals surface area contributed by atoms with Crippen molar-refractivity contribution < 1.29 is 15.0 Å². The van der Waals surface area contributed by atoms with Crippen LogP contribution in [0.3, 0.4) is 0 Å². The van der Waals surface area contributed by atoms with Crippen molar-refractivity contribution in [3.63, 3.8) is 0 Å². The first-order chi connectivity index (χ1) is 9.41. The summed E-state index contributed by atoms with van der Waals surface area (Å²) in [6.07, 6.45) is 0.714. The quantitative estimate of drug-likeness (QED) is 0.807. The van der Waals surface area contributed by atoms with Crippen molar-refractivity contribution in [2.24, 2.45) is 0 Å². The molecule has 2 aromatic rings. The predicted octanol–water partition coefficient (Wildman–Crippen LogP) is 2.69. The number of rotatable bonds is 4. The highest BCUT2D eigenvalue weighted by atomic mass is 35.5. The molecule has 0 fully saturated rings. The maximum Gasteiger partial charge on any atom is 0.339 e. The van der Waals surface area contributed by atoms with Crippen LogP contribution in [-0.4, -0.2) is 33.8 Å². The molecule has 0 saturated heterocycles. The zero-order valence-corrected chi connectivity index (χ0v) is 11.9. The Kier molecular flexibility index (Phi) is 4.11. The molecule has 0 radical (unpaired) electrons. The molecular formula is C14H15ClN2O3. The molecule has 1 aromatic carbocycles. The number of hydrogen-bond donors (Lipinski definition) is 3. The van der Waals surface area contributed by atoms with Gasteiger partial charge in [-0.25, -0.2) is 4.79 Å². The van der Waals surface area contributed by atoms with Crippen molar-refractivity contribution in [3.05, 3.63) is 34.5 Å². The number of aryl methyl sites for hydroxylation is 1. The second-order valence-electron chi connectivity index (χ2n) is 4.65. The maximum absolute atomic E-state index is 11.3. The molecule has 20 heavy (non-hydrogen) atoms. The maximum atomic E-state index is 11.3. The number of hydrogen-bond acceptors (Lipinski definition) is 4. The first kappa shape index (κ1) is 14.6. The molecule has 1 atom stereocenters. The highest BCUT2D eigenvalue weighted by molar-refractivity contribution is 6.32. The molecule has 2 rings (SSSR count). The summed E-state index contributed by atoms with van der Waals surface area (Å²) in [5.74, 6) is -1.07. The van der Waals surface area contributed by atoms with Crippen LogP contribution in [-0.2, 0) is 0 Å². The Hall–Kier alpha value is -1.85. The number of carboxylic acid groups (broad SMARTS) is 1. The van der Waals surface area contributed by atoms with E-state index in [2.05, 4.69) is 10.3 Å². The number of aliphatic hydroxyl groups is 1. The van der Waals surface area contributed by atoms with Gasteiger partial charge in [-0.05, 0) is 31.5 Å². The summed E-state index contributed by atoms with van der Waals surface area (Å²) in [4.78, 5) is 15.5. The molecule has 6 heteroatoms. The number of carboxylic acids is 1. The van der Waals surface area contributed by atoms with Crippen LogP contribution >= 0.6 is 11.6 Å². The molecule has 0 bridgehead atoms. The number of aromatic nitrogens is 1. The minimum Gasteiger partial charge on any atom is -0.478 e. The van der Waals surface area contributed by atoms with Crippen LogP contribution in [0.15, 0.2) is 18.3 Å². The van der Waals surface area contributed by atoms with Gasteiger partial charge in [0.2, 0.25) is 0 Å². The highest BCUT2D eigenvalue weighted by Gasteiger charge is 2.16. The molecule has 3 N–H and O–H groups in total. The lowest BCUT2D eigenvalue weighted by Gasteiger charge is -2.15. The summed E-state index contributed by atoms with van der Waals surface area (Å²) in [5.41, 5.74) is 1.96. The number of benzene rings is 1. The number of carbonyl (C=O) groups is 1. The fourth-order valence-corrected chi connectivity index (χ4v) is 2.14. The summed E-state index contributed by atoms with van der Waals surface area (Å²) in [6, 6.07) is 3.44. The van der Waals surface area contributed by atoms with Crippen LogP contribution in [0.4, 0.5) is 5.69 Å². The Morgan fingerprint density at radius 1 is 1.50 bits per heavy atom. The lowest BCUT2D eigenvalue weighted by molar-refractivity contribution is 0.0697. The lowest BCUT2D eigenvalue weighted by Crippen LogP contribution is -2.17. The minimum absolute atomic E-state index is 0.0693. The van der Waals surface area contributed by atoms with Gasteiger partial charge in [0.1, 0.15) is 5.56 Å². The predicted molar refractivity (Wildman–Crippen MR) is 78.6 cm³/mol. The van der Waals surface area contributed by atoms with Crippen molar-refractivity contribution in [3.8, 4) is 0 Å². The van der Waals surface area contributed by atoms with E-state index in [9.17, 15) is 15.0 Å². The van der Waals surface area contributed by atoms with E-state index in [1.807, 2.05) is 6.92 Å². The first-order valence-electron chi connectivity index (χ1n) is 6.15. The number of fused-ring (bicyclic) bond motifs is 1. The third-order valence-electron chi connectivity index (χ3n) is 3.03. The first-order valence-corrected chi connectivity index (χ1v) is 6.52. The van der Waals surface area contributed by atoms with Gasteiger partial charge >= 0.3 is 5.97 Å². The Labute approximate surface area is 121 Å². The fraction of sp³-hybridized carbons (Fsp3) is 0.286. The number of aliphatic hydroxyl groups excluding tert-OH is 1. The van der Waals surface area contributed by atoms with Gasteiger partial charge in [0.05, 0.1) is 17.3 Å². The van der Waals surface area contributed by atoms with Gasteiger partial charge in [-0.3, -0.25) is 4.98 Å². The number of aromatic carboxylic acids is 1. The van der Waals surface area contributed by atoms with E-state index in [1.165, 1.54) is 6.20 Å². The molecule has 0 spiro atoms. The van der Waals surface area contributed by atoms with Gasteiger partial charge in [-0.1, -0.05) is 11.6 Å². The summed E-state index contributed by atoms with van der Waals surface area (Å²) < 4.78 is 0. The van der Waals surface area contributed by atoms with E-state index in [1.54, 1.807) is 19.1 Å². The molecule has 106 valence electrons. The molecule has 5 nitrogen and oxygen atoms in total. The monoisotopic (exact) mass is 294 g/mol.